The quantitative estimate of drug-likeness (QED) is 0.509. The molecule has 0 bridgehead atoms. The topological polar surface area (TPSA) is 89.0 Å². The molecular formula is C11H28N2O4Si. The van der Waals surface area contributed by atoms with Crippen molar-refractivity contribution in [3.63, 3.8) is 0 Å². The lowest BCUT2D eigenvalue weighted by molar-refractivity contribution is -0.0284. The maximum absolute atomic E-state index is 5.87. The van der Waals surface area contributed by atoms with Gasteiger partial charge >= 0.3 is 9.05 Å². The highest BCUT2D eigenvalue weighted by Crippen LogP contribution is 2.13. The molecule has 110 valence electrons. The van der Waals surface area contributed by atoms with Gasteiger partial charge in [-0.3, -0.25) is 0 Å². The van der Waals surface area contributed by atoms with Crippen LogP contribution in [0.15, 0.2) is 0 Å². The van der Waals surface area contributed by atoms with Crippen molar-refractivity contribution in [2.24, 2.45) is 11.5 Å². The molecule has 0 saturated carbocycles. The highest BCUT2D eigenvalue weighted by Gasteiger charge is 2.44. The predicted molar refractivity (Wildman–Crippen MR) is 72.8 cm³/mol. The molecule has 0 aliphatic carbocycles. The van der Waals surface area contributed by atoms with Gasteiger partial charge in [-0.1, -0.05) is 0 Å². The van der Waals surface area contributed by atoms with Crippen molar-refractivity contribution >= 4 is 9.05 Å². The summed E-state index contributed by atoms with van der Waals surface area (Å²) in [6.07, 6.45) is 1.51. The highest BCUT2D eigenvalue weighted by atomic mass is 28.4. The van der Waals surface area contributed by atoms with Crippen LogP contribution in [0.5, 0.6) is 0 Å². The second-order valence-electron chi connectivity index (χ2n) is 3.77. The summed E-state index contributed by atoms with van der Waals surface area (Å²) in [6, 6.07) is 0.0478. The molecule has 18 heavy (non-hydrogen) atoms. The van der Waals surface area contributed by atoms with Gasteiger partial charge in [-0.15, -0.1) is 0 Å². The van der Waals surface area contributed by atoms with E-state index in [0.29, 0.717) is 33.0 Å². The monoisotopic (exact) mass is 280 g/mol. The Hall–Kier alpha value is -0.0231. The second kappa shape index (κ2) is 10.9. The Balaban J connectivity index is 4.20. The zero-order chi connectivity index (χ0) is 13.9. The van der Waals surface area contributed by atoms with Gasteiger partial charge in [0.1, 0.15) is 0 Å². The summed E-state index contributed by atoms with van der Waals surface area (Å²) in [5.41, 5.74) is 11.3. The van der Waals surface area contributed by atoms with Crippen LogP contribution in [-0.2, 0) is 17.7 Å². The van der Waals surface area contributed by atoms with Gasteiger partial charge in [0, 0.05) is 32.5 Å². The second-order valence-corrected chi connectivity index (χ2v) is 5.93. The number of rotatable bonds is 12. The summed E-state index contributed by atoms with van der Waals surface area (Å²) in [5.74, 6) is 0. The molecule has 0 aromatic rings. The molecule has 7 heteroatoms. The van der Waals surface area contributed by atoms with Crippen LogP contribution in [0.3, 0.4) is 0 Å². The molecule has 0 amide bonds. The van der Waals surface area contributed by atoms with Crippen LogP contribution in [0.1, 0.15) is 33.6 Å². The molecule has 6 nitrogen and oxygen atoms in total. The molecule has 4 N–H and O–H groups in total. The third-order valence-electron chi connectivity index (χ3n) is 2.27. The van der Waals surface area contributed by atoms with Gasteiger partial charge < -0.3 is 29.2 Å². The summed E-state index contributed by atoms with van der Waals surface area (Å²) < 4.78 is 22.4. The molecule has 0 heterocycles. The van der Waals surface area contributed by atoms with Crippen LogP contribution in [0.2, 0.25) is 0 Å². The van der Waals surface area contributed by atoms with Crippen molar-refractivity contribution in [2.75, 3.05) is 33.0 Å². The molecule has 1 atom stereocenters. The van der Waals surface area contributed by atoms with Crippen LogP contribution in [0.4, 0.5) is 0 Å². The first-order valence-electron chi connectivity index (χ1n) is 6.65. The average molecular weight is 280 g/mol. The van der Waals surface area contributed by atoms with Gasteiger partial charge in [-0.2, -0.15) is 0 Å². The minimum atomic E-state index is -2.97. The van der Waals surface area contributed by atoms with Gasteiger partial charge in [0.25, 0.3) is 0 Å². The fourth-order valence-electron chi connectivity index (χ4n) is 1.47. The zero-order valence-electron chi connectivity index (χ0n) is 11.8. The molecular weight excluding hydrogens is 252 g/mol. The highest BCUT2D eigenvalue weighted by molar-refractivity contribution is 6.53. The Kier molecular flexibility index (Phi) is 10.8. The molecule has 0 aromatic carbocycles. The van der Waals surface area contributed by atoms with E-state index in [4.69, 9.17) is 29.2 Å². The summed E-state index contributed by atoms with van der Waals surface area (Å²) >= 11 is 0. The van der Waals surface area contributed by atoms with Crippen molar-refractivity contribution in [3.8, 4) is 0 Å². The minimum absolute atomic E-state index is 0.0478. The van der Waals surface area contributed by atoms with E-state index in [-0.39, 0.29) is 6.04 Å². The Bertz CT molecular complexity index is 181. The molecule has 0 aliphatic rings. The number of hydrogen-bond acceptors (Lipinski definition) is 6. The molecule has 0 aliphatic heterocycles. The smallest absolute Gasteiger partial charge is 0.351 e. The molecule has 0 saturated heterocycles. The van der Waals surface area contributed by atoms with Gasteiger partial charge in [-0.25, -0.2) is 0 Å². The summed E-state index contributed by atoms with van der Waals surface area (Å²) in [7, 11) is -2.97. The lowest BCUT2D eigenvalue weighted by Crippen LogP contribution is -2.50. The molecule has 0 spiro atoms. The first-order valence-corrected chi connectivity index (χ1v) is 8.28. The van der Waals surface area contributed by atoms with Crippen LogP contribution >= 0.6 is 0 Å². The van der Waals surface area contributed by atoms with Crippen molar-refractivity contribution < 1.29 is 17.7 Å². The van der Waals surface area contributed by atoms with Crippen LogP contribution < -0.4 is 11.5 Å². The molecule has 1 unspecified atom stereocenters. The van der Waals surface area contributed by atoms with Crippen molar-refractivity contribution in [3.05, 3.63) is 0 Å². The Morgan fingerprint density at radius 3 is 1.78 bits per heavy atom. The van der Waals surface area contributed by atoms with Crippen molar-refractivity contribution in [2.45, 2.75) is 39.7 Å². The Morgan fingerprint density at radius 1 is 0.889 bits per heavy atom. The Morgan fingerprint density at radius 2 is 1.39 bits per heavy atom. The van der Waals surface area contributed by atoms with Crippen molar-refractivity contribution in [1.29, 1.82) is 0 Å². The SMILES string of the molecule is CCO[Si](OCC)(OCC)OCCC(N)CCN. The Labute approximate surface area is 111 Å². The number of nitrogens with two attached hydrogens (primary N) is 2. The van der Waals surface area contributed by atoms with Gasteiger partial charge in [0.15, 0.2) is 0 Å². The fourth-order valence-corrected chi connectivity index (χ4v) is 3.40. The average Bonchev–Trinajstić information content (AvgIpc) is 2.30. The largest absolute Gasteiger partial charge is 0.679 e. The molecule has 0 aromatic heterocycles. The minimum Gasteiger partial charge on any atom is -0.351 e. The summed E-state index contributed by atoms with van der Waals surface area (Å²) in [4.78, 5) is 0. The van der Waals surface area contributed by atoms with Gasteiger partial charge in [0.05, 0.1) is 0 Å². The summed E-state index contributed by atoms with van der Waals surface area (Å²) in [6.45, 7) is 8.23. The molecule has 0 rings (SSSR count). The predicted octanol–water partition coefficient (Wildman–Crippen LogP) is 0.614. The maximum atomic E-state index is 5.87. The molecule has 0 fully saturated rings. The van der Waals surface area contributed by atoms with Crippen LogP contribution in [0.25, 0.3) is 0 Å². The van der Waals surface area contributed by atoms with Gasteiger partial charge in [-0.05, 0) is 40.2 Å². The van der Waals surface area contributed by atoms with Crippen LogP contribution in [-0.4, -0.2) is 48.1 Å². The third kappa shape index (κ3) is 7.42. The zero-order valence-corrected chi connectivity index (χ0v) is 12.8. The van der Waals surface area contributed by atoms with E-state index in [1.165, 1.54) is 0 Å². The first kappa shape index (κ1) is 18.0. The summed E-state index contributed by atoms with van der Waals surface area (Å²) in [5, 5.41) is 0. The van der Waals surface area contributed by atoms with E-state index < -0.39 is 9.05 Å². The van der Waals surface area contributed by atoms with E-state index in [1.54, 1.807) is 0 Å². The van der Waals surface area contributed by atoms with Gasteiger partial charge in [0.2, 0.25) is 0 Å². The molecule has 0 radical (unpaired) electrons. The van der Waals surface area contributed by atoms with E-state index in [1.807, 2.05) is 20.8 Å². The van der Waals surface area contributed by atoms with E-state index in [0.717, 1.165) is 12.8 Å². The number of hydrogen-bond donors (Lipinski definition) is 2. The first-order chi connectivity index (χ1) is 8.64. The lowest BCUT2D eigenvalue weighted by atomic mass is 10.2. The maximum Gasteiger partial charge on any atom is 0.679 e. The van der Waals surface area contributed by atoms with E-state index >= 15 is 0 Å². The standard InChI is InChI=1S/C11H28N2O4Si/c1-4-14-18(15-5-2,16-6-3)17-10-8-11(13)7-9-12/h11H,4-10,12-13H2,1-3H3. The fraction of sp³-hybridized carbons (Fsp3) is 1.00. The lowest BCUT2D eigenvalue weighted by Gasteiger charge is -2.27. The van der Waals surface area contributed by atoms with E-state index in [2.05, 4.69) is 0 Å². The third-order valence-corrected chi connectivity index (χ3v) is 4.75. The van der Waals surface area contributed by atoms with E-state index in [9.17, 15) is 0 Å². The normalized spacial score (nSPS) is 13.8. The van der Waals surface area contributed by atoms with Crippen molar-refractivity contribution in [1.82, 2.24) is 0 Å². The van der Waals surface area contributed by atoms with Crippen LogP contribution in [0, 0.1) is 0 Å².